The molecule has 0 saturated carbocycles. The Morgan fingerprint density at radius 1 is 1.19 bits per heavy atom. The zero-order valence-electron chi connectivity index (χ0n) is 20.2. The van der Waals surface area contributed by atoms with Crippen molar-refractivity contribution in [2.24, 2.45) is 0 Å². The van der Waals surface area contributed by atoms with Crippen molar-refractivity contribution in [3.05, 3.63) is 94.3 Å². The molecule has 2 atom stereocenters. The highest BCUT2D eigenvalue weighted by Gasteiger charge is 2.39. The number of hydrogen-bond donors (Lipinski definition) is 0. The lowest BCUT2D eigenvalue weighted by Crippen LogP contribution is -2.40. The molecule has 1 fully saturated rings. The maximum absolute atomic E-state index is 13.4. The van der Waals surface area contributed by atoms with Crippen LogP contribution in [0.2, 0.25) is 0 Å². The predicted octanol–water partition coefficient (Wildman–Crippen LogP) is 3.92. The molecule has 2 aromatic heterocycles. The fourth-order valence-electron chi connectivity index (χ4n) is 4.40. The van der Waals surface area contributed by atoms with Crippen LogP contribution in [0.15, 0.2) is 71.4 Å². The number of imide groups is 1. The molecule has 4 aromatic rings. The first-order chi connectivity index (χ1) is 18.0. The van der Waals surface area contributed by atoms with Gasteiger partial charge in [0.2, 0.25) is 5.91 Å². The summed E-state index contributed by atoms with van der Waals surface area (Å²) < 4.78 is 16.2. The number of ether oxygens (including phenoxy) is 2. The van der Waals surface area contributed by atoms with Crippen LogP contribution in [-0.4, -0.2) is 47.5 Å². The fraction of sp³-hybridized carbons (Fsp3) is 0.259. The van der Waals surface area contributed by atoms with Gasteiger partial charge in [0, 0.05) is 23.3 Å². The third-order valence-electron chi connectivity index (χ3n) is 6.30. The molecule has 186 valence electrons. The van der Waals surface area contributed by atoms with Gasteiger partial charge in [-0.25, -0.2) is 9.69 Å². The van der Waals surface area contributed by atoms with Gasteiger partial charge in [0.1, 0.15) is 25.2 Å². The van der Waals surface area contributed by atoms with Crippen molar-refractivity contribution in [3.63, 3.8) is 0 Å². The molecule has 2 radical (unpaired) electrons. The van der Waals surface area contributed by atoms with Gasteiger partial charge in [0.15, 0.2) is 7.85 Å². The molecule has 10 heteroatoms. The second-order valence-electron chi connectivity index (χ2n) is 8.78. The van der Waals surface area contributed by atoms with Gasteiger partial charge in [-0.15, -0.1) is 11.3 Å². The Morgan fingerprint density at radius 2 is 1.97 bits per heavy atom. The van der Waals surface area contributed by atoms with E-state index in [9.17, 15) is 9.59 Å². The van der Waals surface area contributed by atoms with Crippen LogP contribution < -0.4 is 9.64 Å². The van der Waals surface area contributed by atoms with E-state index in [4.69, 9.17) is 21.8 Å². The number of hydrogen-bond acceptors (Lipinski definition) is 8. The Balaban J connectivity index is 1.30. The molecule has 0 bridgehead atoms. The summed E-state index contributed by atoms with van der Waals surface area (Å²) in [6.45, 7) is 2.44. The summed E-state index contributed by atoms with van der Waals surface area (Å²) in [7, 11) is 5.77. The Labute approximate surface area is 219 Å². The predicted molar refractivity (Wildman–Crippen MR) is 138 cm³/mol. The molecule has 0 unspecified atom stereocenters. The minimum Gasteiger partial charge on any atom is -0.488 e. The van der Waals surface area contributed by atoms with E-state index in [2.05, 4.69) is 10.1 Å². The smallest absolute Gasteiger partial charge is 0.416 e. The Hall–Kier alpha value is -3.92. The van der Waals surface area contributed by atoms with E-state index in [1.54, 1.807) is 6.07 Å². The molecule has 8 nitrogen and oxygen atoms in total. The highest BCUT2D eigenvalue weighted by atomic mass is 32.1. The largest absolute Gasteiger partial charge is 0.488 e. The van der Waals surface area contributed by atoms with E-state index >= 15 is 0 Å². The van der Waals surface area contributed by atoms with Gasteiger partial charge in [-0.2, -0.15) is 0 Å². The number of aryl methyl sites for hydroxylation is 1. The molecular weight excluding hydrogens is 489 g/mol. The lowest BCUT2D eigenvalue weighted by molar-refractivity contribution is -0.129. The van der Waals surface area contributed by atoms with Crippen molar-refractivity contribution < 1.29 is 23.6 Å². The zero-order valence-corrected chi connectivity index (χ0v) is 21.0. The van der Waals surface area contributed by atoms with Crippen LogP contribution in [0.25, 0.3) is 0 Å². The van der Waals surface area contributed by atoms with E-state index in [0.717, 1.165) is 21.7 Å². The third kappa shape index (κ3) is 5.75. The SMILES string of the molecule is [B]c1nc(C)c(COc2ccc([C@H](CC(=O)N3C(=O)OC[C@@H]3Cc3ccccc3)c3ccon3)cc2)s1. The van der Waals surface area contributed by atoms with Crippen molar-refractivity contribution in [1.82, 2.24) is 15.0 Å². The van der Waals surface area contributed by atoms with Crippen LogP contribution in [0, 0.1) is 6.92 Å². The summed E-state index contributed by atoms with van der Waals surface area (Å²) in [4.78, 5) is 32.9. The Bertz CT molecular complexity index is 1360. The maximum atomic E-state index is 13.4. The van der Waals surface area contributed by atoms with Crippen molar-refractivity contribution in [2.75, 3.05) is 6.61 Å². The average Bonchev–Trinajstić information content (AvgIpc) is 3.63. The lowest BCUT2D eigenvalue weighted by Gasteiger charge is -2.22. The van der Waals surface area contributed by atoms with Crippen molar-refractivity contribution in [1.29, 1.82) is 0 Å². The minimum atomic E-state index is -0.618. The van der Waals surface area contributed by atoms with E-state index < -0.39 is 12.0 Å². The number of nitrogens with zero attached hydrogens (tertiary/aromatic N) is 3. The molecule has 3 heterocycles. The topological polar surface area (TPSA) is 94.8 Å². The fourth-order valence-corrected chi connectivity index (χ4v) is 5.15. The van der Waals surface area contributed by atoms with Gasteiger partial charge in [-0.3, -0.25) is 9.78 Å². The van der Waals surface area contributed by atoms with Crippen LogP contribution in [0.4, 0.5) is 4.79 Å². The highest BCUT2D eigenvalue weighted by molar-refractivity contribution is 7.19. The van der Waals surface area contributed by atoms with Gasteiger partial charge in [0.05, 0.1) is 22.3 Å². The number of rotatable bonds is 9. The number of thiazole rings is 1. The van der Waals surface area contributed by atoms with Crippen LogP contribution >= 0.6 is 11.3 Å². The van der Waals surface area contributed by atoms with E-state index in [1.807, 2.05) is 61.5 Å². The normalized spacial score (nSPS) is 16.0. The molecule has 0 N–H and O–H groups in total. The second kappa shape index (κ2) is 11.0. The molecule has 0 aliphatic carbocycles. The quantitative estimate of drug-likeness (QED) is 0.313. The number of amides is 2. The Morgan fingerprint density at radius 3 is 2.65 bits per heavy atom. The molecule has 1 aliphatic rings. The lowest BCUT2D eigenvalue weighted by atomic mass is 9.91. The van der Waals surface area contributed by atoms with Gasteiger partial charge in [-0.05, 0) is 36.6 Å². The summed E-state index contributed by atoms with van der Waals surface area (Å²) in [6.07, 6.45) is 1.42. The molecule has 2 amide bonds. The Kier molecular flexibility index (Phi) is 7.36. The van der Waals surface area contributed by atoms with Crippen molar-refractivity contribution in [3.8, 4) is 5.75 Å². The second-order valence-corrected chi connectivity index (χ2v) is 9.90. The highest BCUT2D eigenvalue weighted by Crippen LogP contribution is 2.31. The molecule has 37 heavy (non-hydrogen) atoms. The van der Waals surface area contributed by atoms with E-state index in [1.165, 1.54) is 22.5 Å². The van der Waals surface area contributed by atoms with E-state index in [-0.39, 0.29) is 25.0 Å². The molecule has 1 aliphatic heterocycles. The number of benzene rings is 2. The third-order valence-corrected chi connectivity index (χ3v) is 7.26. The summed E-state index contributed by atoms with van der Waals surface area (Å²) >= 11 is 1.40. The minimum absolute atomic E-state index is 0.0342. The monoisotopic (exact) mass is 513 g/mol. The standard InChI is InChI=1S/C27H24BN3O5S/c1-17-24(37-26(28)29-17)16-34-21-9-7-19(8-10-21)22(23-11-12-36-30-23)14-25(32)31-20(15-35-27(31)33)13-18-5-3-2-4-6-18/h2-12,20,22H,13-16H2,1H3/t20-,22-/m0/s1. The first kappa shape index (κ1) is 24.8. The number of cyclic esters (lactones) is 1. The van der Waals surface area contributed by atoms with Gasteiger partial charge in [-0.1, -0.05) is 47.6 Å². The van der Waals surface area contributed by atoms with Gasteiger partial charge >= 0.3 is 6.09 Å². The summed E-state index contributed by atoms with van der Waals surface area (Å²) in [5, 5.41) is 4.08. The van der Waals surface area contributed by atoms with Crippen molar-refractivity contribution >= 4 is 36.1 Å². The van der Waals surface area contributed by atoms with Crippen LogP contribution in [-0.2, 0) is 22.6 Å². The first-order valence-corrected chi connectivity index (χ1v) is 12.7. The van der Waals surface area contributed by atoms with Gasteiger partial charge < -0.3 is 14.0 Å². The molecule has 0 spiro atoms. The molecule has 1 saturated heterocycles. The molecule has 2 aromatic carbocycles. The maximum Gasteiger partial charge on any atom is 0.416 e. The summed E-state index contributed by atoms with van der Waals surface area (Å²) in [5.74, 6) is -0.0592. The van der Waals surface area contributed by atoms with E-state index in [0.29, 0.717) is 29.4 Å². The van der Waals surface area contributed by atoms with Crippen LogP contribution in [0.1, 0.15) is 39.7 Å². The first-order valence-electron chi connectivity index (χ1n) is 11.9. The zero-order chi connectivity index (χ0) is 25.8. The average molecular weight is 513 g/mol. The number of carbonyl (C=O) groups is 2. The molecule has 5 rings (SSSR count). The number of carbonyl (C=O) groups excluding carboxylic acids is 2. The molecular formula is C27H24BN3O5S. The van der Waals surface area contributed by atoms with Crippen molar-refractivity contribution in [2.45, 2.75) is 38.3 Å². The number of aromatic nitrogens is 2. The summed E-state index contributed by atoms with van der Waals surface area (Å²) in [5.41, 5.74) is 3.34. The summed E-state index contributed by atoms with van der Waals surface area (Å²) in [6, 6.07) is 18.6. The van der Waals surface area contributed by atoms with Crippen LogP contribution in [0.5, 0.6) is 5.75 Å². The van der Waals surface area contributed by atoms with Crippen LogP contribution in [0.3, 0.4) is 0 Å². The van der Waals surface area contributed by atoms with Gasteiger partial charge in [0.25, 0.3) is 0 Å².